The van der Waals surface area contributed by atoms with E-state index in [0.717, 1.165) is 32.5 Å². The minimum absolute atomic E-state index is 0. The Bertz CT molecular complexity index is 368. The summed E-state index contributed by atoms with van der Waals surface area (Å²) in [7, 11) is 0. The summed E-state index contributed by atoms with van der Waals surface area (Å²) in [6, 6.07) is 6.02. The molecule has 0 aliphatic heterocycles. The van der Waals surface area contributed by atoms with Crippen molar-refractivity contribution in [2.45, 2.75) is 26.7 Å². The lowest BCUT2D eigenvalue weighted by molar-refractivity contribution is 0.0697. The van der Waals surface area contributed by atoms with Crippen molar-refractivity contribution in [2.24, 2.45) is 0 Å². The van der Waals surface area contributed by atoms with E-state index in [-0.39, 0.29) is 18.0 Å². The number of unbranched alkanes of at least 4 members (excludes halogenated alkanes) is 1. The summed E-state index contributed by atoms with van der Waals surface area (Å²) in [5.74, 6) is -0.934. The zero-order chi connectivity index (χ0) is 15.4. The van der Waals surface area contributed by atoms with Gasteiger partial charge >= 0.3 is 5.97 Å². The number of carboxylic acid groups (broad SMARTS) is 1. The summed E-state index contributed by atoms with van der Waals surface area (Å²) in [6.07, 6.45) is 2.06. The van der Waals surface area contributed by atoms with Gasteiger partial charge in [-0.1, -0.05) is 25.4 Å². The Morgan fingerprint density at radius 1 is 1.14 bits per heavy atom. The van der Waals surface area contributed by atoms with E-state index in [1.165, 1.54) is 12.1 Å². The van der Waals surface area contributed by atoms with Crippen LogP contribution >= 0.6 is 24.0 Å². The Morgan fingerprint density at radius 2 is 1.67 bits per heavy atom. The molecule has 0 saturated carbocycles. The van der Waals surface area contributed by atoms with Crippen LogP contribution in [0.15, 0.2) is 24.3 Å². The topological polar surface area (TPSA) is 60.8 Å². The largest absolute Gasteiger partial charge is 0.478 e. The molecule has 0 radical (unpaired) electrons. The van der Waals surface area contributed by atoms with Gasteiger partial charge in [-0.05, 0) is 56.7 Å². The summed E-state index contributed by atoms with van der Waals surface area (Å²) < 4.78 is 0. The molecule has 122 valence electrons. The van der Waals surface area contributed by atoms with Crippen LogP contribution in [0, 0.1) is 0 Å². The van der Waals surface area contributed by atoms with Crippen molar-refractivity contribution in [3.05, 3.63) is 34.9 Å². The fourth-order valence-corrected chi connectivity index (χ4v) is 1.71. The molecule has 0 amide bonds. The highest BCUT2D eigenvalue weighted by Gasteiger charge is 1.99. The third-order valence-corrected chi connectivity index (χ3v) is 3.12. The first kappa shape index (κ1) is 22.5. The zero-order valence-electron chi connectivity index (χ0n) is 12.6. The van der Waals surface area contributed by atoms with E-state index in [1.54, 1.807) is 12.1 Å². The van der Waals surface area contributed by atoms with Gasteiger partial charge in [0.1, 0.15) is 0 Å². The maximum Gasteiger partial charge on any atom is 0.335 e. The van der Waals surface area contributed by atoms with E-state index in [2.05, 4.69) is 18.7 Å². The highest BCUT2D eigenvalue weighted by molar-refractivity contribution is 6.30. The minimum atomic E-state index is -0.934. The average molecular weight is 338 g/mol. The highest BCUT2D eigenvalue weighted by Crippen LogP contribution is 2.08. The Kier molecular flexibility index (Phi) is 15.1. The lowest BCUT2D eigenvalue weighted by Crippen LogP contribution is -2.24. The van der Waals surface area contributed by atoms with Crippen molar-refractivity contribution in [1.29, 1.82) is 0 Å². The molecule has 21 heavy (non-hydrogen) atoms. The molecule has 0 aromatic heterocycles. The first-order valence-corrected chi connectivity index (χ1v) is 7.25. The van der Waals surface area contributed by atoms with Crippen LogP contribution in [0.5, 0.6) is 0 Å². The summed E-state index contributed by atoms with van der Waals surface area (Å²) in [4.78, 5) is 12.6. The number of carboxylic acids is 1. The fraction of sp³-hybridized carbons (Fsp3) is 0.533. The molecule has 6 heteroatoms. The molecule has 0 heterocycles. The van der Waals surface area contributed by atoms with Gasteiger partial charge in [-0.3, -0.25) is 0 Å². The Balaban J connectivity index is 0. The molecule has 0 aliphatic rings. The van der Waals surface area contributed by atoms with Gasteiger partial charge in [0.25, 0.3) is 0 Å². The van der Waals surface area contributed by atoms with Gasteiger partial charge < -0.3 is 15.1 Å². The van der Waals surface area contributed by atoms with E-state index in [4.69, 9.17) is 21.8 Å². The van der Waals surface area contributed by atoms with Crippen LogP contribution in [0.3, 0.4) is 0 Å². The van der Waals surface area contributed by atoms with Crippen molar-refractivity contribution >= 4 is 30.0 Å². The van der Waals surface area contributed by atoms with Crippen LogP contribution < -0.4 is 0 Å². The smallest absolute Gasteiger partial charge is 0.335 e. The van der Waals surface area contributed by atoms with E-state index >= 15 is 0 Å². The van der Waals surface area contributed by atoms with Gasteiger partial charge in [0, 0.05) is 11.6 Å². The normalized spacial score (nSPS) is 9.57. The number of aromatic carboxylic acids is 1. The van der Waals surface area contributed by atoms with Crippen molar-refractivity contribution in [2.75, 3.05) is 26.2 Å². The molecule has 2 N–H and O–H groups in total. The van der Waals surface area contributed by atoms with Gasteiger partial charge in [0.05, 0.1) is 5.56 Å². The number of hydrogen-bond acceptors (Lipinski definition) is 3. The van der Waals surface area contributed by atoms with Crippen molar-refractivity contribution in [1.82, 2.24) is 4.90 Å². The number of carbonyl (C=O) groups is 1. The number of aliphatic hydroxyl groups excluding tert-OH is 1. The maximum absolute atomic E-state index is 10.3. The molecular weight excluding hydrogens is 313 g/mol. The lowest BCUT2D eigenvalue weighted by Gasteiger charge is -2.16. The van der Waals surface area contributed by atoms with Gasteiger partial charge in [-0.15, -0.1) is 12.4 Å². The molecule has 0 aliphatic carbocycles. The third kappa shape index (κ3) is 11.5. The number of benzene rings is 1. The quantitative estimate of drug-likeness (QED) is 0.747. The molecule has 4 nitrogen and oxygen atoms in total. The maximum atomic E-state index is 10.3. The van der Waals surface area contributed by atoms with E-state index in [0.29, 0.717) is 11.6 Å². The first-order valence-electron chi connectivity index (χ1n) is 6.87. The minimum Gasteiger partial charge on any atom is -0.478 e. The van der Waals surface area contributed by atoms with Gasteiger partial charge in [-0.2, -0.15) is 0 Å². The van der Waals surface area contributed by atoms with E-state index < -0.39 is 5.97 Å². The highest BCUT2D eigenvalue weighted by atomic mass is 35.5. The second-order valence-electron chi connectivity index (χ2n) is 4.27. The Hall–Kier alpha value is -0.810. The standard InChI is InChI=1S/C8H19NO.C7H5ClO2.ClH/c1-3-9(4-2)7-5-6-8-10;8-6-3-1-5(2-4-6)7(9)10;/h10H,3-8H2,1-2H3;1-4H,(H,9,10);1H. The summed E-state index contributed by atoms with van der Waals surface area (Å²) in [6.45, 7) is 8.06. The summed E-state index contributed by atoms with van der Waals surface area (Å²) in [5.41, 5.74) is 0.254. The molecule has 0 bridgehead atoms. The Morgan fingerprint density at radius 3 is 2.05 bits per heavy atom. The van der Waals surface area contributed by atoms with E-state index in [9.17, 15) is 4.79 Å². The number of hydrogen-bond donors (Lipinski definition) is 2. The molecular formula is C15H25Cl2NO3. The summed E-state index contributed by atoms with van der Waals surface area (Å²) in [5, 5.41) is 17.5. The molecule has 1 aromatic rings. The molecule has 0 unspecified atom stereocenters. The third-order valence-electron chi connectivity index (χ3n) is 2.87. The first-order chi connectivity index (χ1) is 9.54. The van der Waals surface area contributed by atoms with Crippen molar-refractivity contribution in [3.63, 3.8) is 0 Å². The predicted molar refractivity (Wildman–Crippen MR) is 89.8 cm³/mol. The predicted octanol–water partition coefficient (Wildman–Crippen LogP) is 3.56. The van der Waals surface area contributed by atoms with Crippen LogP contribution in [0.1, 0.15) is 37.0 Å². The fourth-order valence-electron chi connectivity index (χ4n) is 1.58. The second kappa shape index (κ2) is 14.1. The van der Waals surface area contributed by atoms with Crippen molar-refractivity contribution < 1.29 is 15.0 Å². The second-order valence-corrected chi connectivity index (χ2v) is 4.71. The molecule has 1 aromatic carbocycles. The molecule has 0 spiro atoms. The van der Waals surface area contributed by atoms with Crippen molar-refractivity contribution in [3.8, 4) is 0 Å². The molecule has 0 fully saturated rings. The number of aliphatic hydroxyl groups is 1. The SMILES string of the molecule is CCN(CC)CCCCO.Cl.O=C(O)c1ccc(Cl)cc1. The molecule has 0 saturated heterocycles. The number of halogens is 2. The average Bonchev–Trinajstić information content (AvgIpc) is 2.45. The van der Waals surface area contributed by atoms with Crippen LogP contribution in [-0.2, 0) is 0 Å². The molecule has 1 rings (SSSR count). The van der Waals surface area contributed by atoms with Crippen LogP contribution in [0.25, 0.3) is 0 Å². The van der Waals surface area contributed by atoms with Gasteiger partial charge in [0.2, 0.25) is 0 Å². The van der Waals surface area contributed by atoms with Crippen LogP contribution in [0.4, 0.5) is 0 Å². The number of rotatable bonds is 7. The molecule has 0 atom stereocenters. The van der Waals surface area contributed by atoms with Gasteiger partial charge in [-0.25, -0.2) is 4.79 Å². The number of nitrogens with zero attached hydrogens (tertiary/aromatic N) is 1. The monoisotopic (exact) mass is 337 g/mol. The summed E-state index contributed by atoms with van der Waals surface area (Å²) >= 11 is 5.52. The lowest BCUT2D eigenvalue weighted by atomic mass is 10.2. The Labute approximate surface area is 138 Å². The van der Waals surface area contributed by atoms with Crippen LogP contribution in [-0.4, -0.2) is 47.3 Å². The zero-order valence-corrected chi connectivity index (χ0v) is 14.2. The van der Waals surface area contributed by atoms with E-state index in [1.807, 2.05) is 0 Å². The van der Waals surface area contributed by atoms with Crippen LogP contribution in [0.2, 0.25) is 5.02 Å². The van der Waals surface area contributed by atoms with Gasteiger partial charge in [0.15, 0.2) is 0 Å².